The number of hydrogen-bond acceptors (Lipinski definition) is 7. The van der Waals surface area contributed by atoms with Crippen molar-refractivity contribution >= 4 is 16.6 Å². The number of methoxy groups -OCH3 is 2. The van der Waals surface area contributed by atoms with Crippen molar-refractivity contribution in [2.45, 2.75) is 25.8 Å². The molecule has 3 heterocycles. The molecule has 2 aliphatic heterocycles. The monoisotopic (exact) mass is 462 g/mol. The van der Waals surface area contributed by atoms with Crippen molar-refractivity contribution in [3.8, 4) is 34.3 Å². The molecule has 3 aromatic rings. The van der Waals surface area contributed by atoms with E-state index in [0.29, 0.717) is 62.7 Å². The first-order valence-electron chi connectivity index (χ1n) is 11.6. The van der Waals surface area contributed by atoms with Crippen molar-refractivity contribution in [2.75, 3.05) is 40.6 Å². The number of pyridine rings is 1. The Kier molecular flexibility index (Phi) is 4.99. The third-order valence-electron chi connectivity index (χ3n) is 7.07. The van der Waals surface area contributed by atoms with Crippen LogP contribution in [0.1, 0.15) is 35.2 Å². The fraction of sp³-hybridized carbons (Fsp3) is 0.385. The highest BCUT2D eigenvalue weighted by Gasteiger charge is 2.35. The molecular weight excluding hydrogens is 436 g/mol. The summed E-state index contributed by atoms with van der Waals surface area (Å²) in [5.41, 5.74) is 2.24. The quantitative estimate of drug-likeness (QED) is 0.434. The first kappa shape index (κ1) is 21.0. The normalized spacial score (nSPS) is 16.2. The maximum Gasteiger partial charge on any atom is 0.259 e. The second-order valence-electron chi connectivity index (χ2n) is 8.92. The summed E-state index contributed by atoms with van der Waals surface area (Å²) in [6.45, 7) is 3.77. The van der Waals surface area contributed by atoms with Crippen LogP contribution in [0, 0.1) is 0 Å². The van der Waals surface area contributed by atoms with Gasteiger partial charge in [0.1, 0.15) is 0 Å². The van der Waals surface area contributed by atoms with E-state index in [4.69, 9.17) is 18.9 Å². The van der Waals surface area contributed by atoms with Gasteiger partial charge in [0.2, 0.25) is 6.79 Å². The Morgan fingerprint density at radius 3 is 2.18 bits per heavy atom. The minimum Gasteiger partial charge on any atom is -0.493 e. The van der Waals surface area contributed by atoms with Gasteiger partial charge in [0.15, 0.2) is 28.8 Å². The van der Waals surface area contributed by atoms with E-state index in [9.17, 15) is 9.59 Å². The van der Waals surface area contributed by atoms with Crippen LogP contribution >= 0.6 is 0 Å². The third-order valence-corrected chi connectivity index (χ3v) is 7.07. The standard InChI is InChI=1S/C26H26N2O6/c1-31-19-10-15-18(13-20(19)32-2)26(30)28(9-5-8-27-6-3-4-7-27)24-16-11-21-22(34-14-33-21)12-17(16)25(29)23(15)24/h10-13H,3-9,14H2,1-2H3. The average Bonchev–Trinajstić information content (AvgIpc) is 3.59. The number of ether oxygens (including phenoxy) is 4. The molecule has 34 heavy (non-hydrogen) atoms. The predicted molar refractivity (Wildman–Crippen MR) is 127 cm³/mol. The molecule has 0 amide bonds. The fourth-order valence-corrected chi connectivity index (χ4v) is 5.41. The Hall–Kier alpha value is -3.52. The summed E-state index contributed by atoms with van der Waals surface area (Å²) in [4.78, 5) is 30.0. The topological polar surface area (TPSA) is 79.2 Å². The average molecular weight is 463 g/mol. The summed E-state index contributed by atoms with van der Waals surface area (Å²) >= 11 is 0. The van der Waals surface area contributed by atoms with Crippen LogP contribution in [-0.4, -0.2) is 55.9 Å². The number of ketones is 1. The summed E-state index contributed by atoms with van der Waals surface area (Å²) < 4.78 is 23.8. The van der Waals surface area contributed by atoms with Crippen molar-refractivity contribution in [1.29, 1.82) is 0 Å². The van der Waals surface area contributed by atoms with Crippen LogP contribution in [0.25, 0.3) is 22.0 Å². The van der Waals surface area contributed by atoms with Crippen molar-refractivity contribution in [1.82, 2.24) is 9.47 Å². The lowest BCUT2D eigenvalue weighted by atomic mass is 10.0. The van der Waals surface area contributed by atoms with Gasteiger partial charge in [0.25, 0.3) is 5.56 Å². The molecule has 0 saturated carbocycles. The lowest BCUT2D eigenvalue weighted by molar-refractivity contribution is 0.104. The number of benzene rings is 2. The maximum atomic E-state index is 13.8. The highest BCUT2D eigenvalue weighted by molar-refractivity contribution is 6.27. The lowest BCUT2D eigenvalue weighted by Gasteiger charge is -2.19. The molecule has 8 nitrogen and oxygen atoms in total. The molecule has 1 saturated heterocycles. The molecule has 1 aromatic heterocycles. The van der Waals surface area contributed by atoms with Crippen LogP contribution in [0.5, 0.6) is 23.0 Å². The summed E-state index contributed by atoms with van der Waals surface area (Å²) in [5, 5.41) is 1.01. The van der Waals surface area contributed by atoms with Gasteiger partial charge in [-0.1, -0.05) is 0 Å². The van der Waals surface area contributed by atoms with Crippen LogP contribution in [0.4, 0.5) is 0 Å². The van der Waals surface area contributed by atoms with Gasteiger partial charge < -0.3 is 28.4 Å². The van der Waals surface area contributed by atoms with E-state index >= 15 is 0 Å². The summed E-state index contributed by atoms with van der Waals surface area (Å²) in [6.07, 6.45) is 3.27. The molecule has 176 valence electrons. The number of rotatable bonds is 6. The zero-order chi connectivity index (χ0) is 23.4. The smallest absolute Gasteiger partial charge is 0.259 e. The van der Waals surface area contributed by atoms with Gasteiger partial charge in [-0.2, -0.15) is 0 Å². The Morgan fingerprint density at radius 1 is 0.853 bits per heavy atom. The van der Waals surface area contributed by atoms with E-state index in [-0.39, 0.29) is 18.1 Å². The van der Waals surface area contributed by atoms with Crippen molar-refractivity contribution in [3.63, 3.8) is 0 Å². The van der Waals surface area contributed by atoms with Gasteiger partial charge in [0.05, 0.1) is 30.9 Å². The molecule has 1 fully saturated rings. The third kappa shape index (κ3) is 3.09. The van der Waals surface area contributed by atoms with Crippen LogP contribution in [0.2, 0.25) is 0 Å². The van der Waals surface area contributed by atoms with Crippen LogP contribution in [0.15, 0.2) is 29.1 Å². The number of aromatic nitrogens is 1. The molecule has 0 bridgehead atoms. The van der Waals surface area contributed by atoms with Gasteiger partial charge in [-0.3, -0.25) is 9.59 Å². The Labute approximate surface area is 196 Å². The van der Waals surface area contributed by atoms with Crippen molar-refractivity contribution in [3.05, 3.63) is 45.7 Å². The Balaban J connectivity index is 1.56. The summed E-state index contributed by atoms with van der Waals surface area (Å²) in [7, 11) is 3.08. The van der Waals surface area contributed by atoms with E-state index in [1.807, 2.05) is 6.07 Å². The van der Waals surface area contributed by atoms with Gasteiger partial charge >= 0.3 is 0 Å². The minimum absolute atomic E-state index is 0.122. The molecule has 0 N–H and O–H groups in total. The number of hydrogen-bond donors (Lipinski definition) is 0. The molecular formula is C26H26N2O6. The zero-order valence-corrected chi connectivity index (χ0v) is 19.3. The molecule has 1 aliphatic carbocycles. The van der Waals surface area contributed by atoms with E-state index in [2.05, 4.69) is 4.90 Å². The molecule has 0 unspecified atom stereocenters. The first-order chi connectivity index (χ1) is 16.6. The molecule has 6 rings (SSSR count). The number of carbonyl (C=O) groups excluding carboxylic acids is 1. The molecule has 0 spiro atoms. The van der Waals surface area contributed by atoms with E-state index in [0.717, 1.165) is 26.1 Å². The zero-order valence-electron chi connectivity index (χ0n) is 19.3. The van der Waals surface area contributed by atoms with E-state index in [1.165, 1.54) is 20.0 Å². The van der Waals surface area contributed by atoms with Crippen molar-refractivity contribution < 1.29 is 23.7 Å². The van der Waals surface area contributed by atoms with Gasteiger partial charge in [-0.15, -0.1) is 0 Å². The molecule has 0 radical (unpaired) electrons. The molecule has 2 aromatic carbocycles. The van der Waals surface area contributed by atoms with E-state index in [1.54, 1.807) is 29.9 Å². The lowest BCUT2D eigenvalue weighted by Crippen LogP contribution is -2.27. The van der Waals surface area contributed by atoms with Crippen LogP contribution in [-0.2, 0) is 6.54 Å². The SMILES string of the molecule is COc1cc2c3c(n(CCCN4CCCC4)c(=O)c2cc1OC)-c1cc2c(cc1C3=O)OCO2. The van der Waals surface area contributed by atoms with Crippen LogP contribution in [0.3, 0.4) is 0 Å². The molecule has 8 heteroatoms. The highest BCUT2D eigenvalue weighted by Crippen LogP contribution is 2.46. The Bertz CT molecular complexity index is 1390. The summed E-state index contributed by atoms with van der Waals surface area (Å²) in [5.74, 6) is 1.93. The number of fused-ring (bicyclic) bond motifs is 6. The van der Waals surface area contributed by atoms with Gasteiger partial charge in [0, 0.05) is 23.1 Å². The fourth-order valence-electron chi connectivity index (χ4n) is 5.41. The van der Waals surface area contributed by atoms with Gasteiger partial charge in [-0.25, -0.2) is 0 Å². The highest BCUT2D eigenvalue weighted by atomic mass is 16.7. The van der Waals surface area contributed by atoms with Gasteiger partial charge in [-0.05, 0) is 63.2 Å². The van der Waals surface area contributed by atoms with Crippen LogP contribution < -0.4 is 24.5 Å². The van der Waals surface area contributed by atoms with Crippen molar-refractivity contribution in [2.24, 2.45) is 0 Å². The predicted octanol–water partition coefficient (Wildman–Crippen LogP) is 3.44. The minimum atomic E-state index is -0.144. The maximum absolute atomic E-state index is 13.8. The largest absolute Gasteiger partial charge is 0.493 e. The summed E-state index contributed by atoms with van der Waals surface area (Å²) in [6, 6.07) is 6.96. The number of nitrogens with zero attached hydrogens (tertiary/aromatic N) is 2. The molecule has 3 aliphatic rings. The first-order valence-corrected chi connectivity index (χ1v) is 11.6. The van der Waals surface area contributed by atoms with E-state index < -0.39 is 0 Å². The number of likely N-dealkylation sites (tertiary alicyclic amines) is 1. The Morgan fingerprint density at radius 2 is 1.50 bits per heavy atom. The number of carbonyl (C=O) groups is 1. The molecule has 0 atom stereocenters. The second-order valence-corrected chi connectivity index (χ2v) is 8.92. The second kappa shape index (κ2) is 8.06.